The molecule has 0 bridgehead atoms. The number of hydrazine groups is 1. The molecule has 0 saturated heterocycles. The summed E-state index contributed by atoms with van der Waals surface area (Å²) in [5.41, 5.74) is 7.24. The van der Waals surface area contributed by atoms with Gasteiger partial charge in [0, 0.05) is 5.39 Å². The maximum Gasteiger partial charge on any atom is 0.137 e. The van der Waals surface area contributed by atoms with Crippen molar-refractivity contribution in [3.05, 3.63) is 71.0 Å². The Morgan fingerprint density at radius 3 is 2.45 bits per heavy atom. The van der Waals surface area contributed by atoms with Crippen LogP contribution >= 0.6 is 0 Å². The average Bonchev–Trinajstić information content (AvgIpc) is 2.87. The molecule has 3 rings (SSSR count). The zero-order valence-corrected chi connectivity index (χ0v) is 11.7. The lowest BCUT2D eigenvalue weighted by molar-refractivity contribution is 0.475. The van der Waals surface area contributed by atoms with Crippen LogP contribution < -0.4 is 11.3 Å². The Balaban J connectivity index is 2.12. The number of fused-ring (bicyclic) bond motifs is 1. The molecule has 0 amide bonds. The van der Waals surface area contributed by atoms with Gasteiger partial charge in [-0.15, -0.1) is 0 Å². The Kier molecular flexibility index (Phi) is 3.30. The molecular weight excluding hydrogens is 248 g/mol. The highest BCUT2D eigenvalue weighted by molar-refractivity contribution is 5.81. The van der Waals surface area contributed by atoms with E-state index in [4.69, 9.17) is 10.3 Å². The quantitative estimate of drug-likeness (QED) is 0.562. The van der Waals surface area contributed by atoms with E-state index in [9.17, 15) is 0 Å². The maximum absolute atomic E-state index is 6.02. The fraction of sp³-hybridized carbons (Fsp3) is 0.176. The van der Waals surface area contributed by atoms with Crippen molar-refractivity contribution in [2.45, 2.75) is 19.9 Å². The molecule has 1 heterocycles. The van der Waals surface area contributed by atoms with Crippen LogP contribution in [0.15, 0.2) is 52.9 Å². The normalized spacial score (nSPS) is 12.8. The summed E-state index contributed by atoms with van der Waals surface area (Å²) in [7, 11) is 0. The van der Waals surface area contributed by atoms with E-state index in [0.29, 0.717) is 0 Å². The van der Waals surface area contributed by atoms with Crippen molar-refractivity contribution in [3.63, 3.8) is 0 Å². The first kappa shape index (κ1) is 12.9. The van der Waals surface area contributed by atoms with Crippen molar-refractivity contribution < 1.29 is 4.42 Å². The average molecular weight is 266 g/mol. The van der Waals surface area contributed by atoms with Crippen LogP contribution in [-0.2, 0) is 0 Å². The number of nitrogens with one attached hydrogen (secondary N) is 1. The van der Waals surface area contributed by atoms with Crippen molar-refractivity contribution in [2.75, 3.05) is 0 Å². The van der Waals surface area contributed by atoms with E-state index in [-0.39, 0.29) is 6.04 Å². The third-order valence-electron chi connectivity index (χ3n) is 3.71. The standard InChI is InChI=1S/C17H18N2O/c1-11-6-3-4-9-14(11)16(19-18)15-10-13-8-5-7-12(2)17(13)20-15/h3-10,16,19H,18H2,1-2H3. The number of furan rings is 1. The molecule has 3 aromatic rings. The van der Waals surface area contributed by atoms with E-state index in [1.54, 1.807) is 0 Å². The number of hydrogen-bond acceptors (Lipinski definition) is 3. The summed E-state index contributed by atoms with van der Waals surface area (Å²) >= 11 is 0. The van der Waals surface area contributed by atoms with E-state index in [2.05, 4.69) is 36.6 Å². The van der Waals surface area contributed by atoms with Crippen molar-refractivity contribution in [2.24, 2.45) is 5.84 Å². The van der Waals surface area contributed by atoms with E-state index in [1.165, 1.54) is 5.56 Å². The minimum Gasteiger partial charge on any atom is -0.459 e. The molecule has 2 aromatic carbocycles. The fourth-order valence-electron chi connectivity index (χ4n) is 2.61. The first-order chi connectivity index (χ1) is 9.70. The fourth-order valence-corrected chi connectivity index (χ4v) is 2.61. The Labute approximate surface area is 118 Å². The second-order valence-electron chi connectivity index (χ2n) is 5.10. The lowest BCUT2D eigenvalue weighted by Crippen LogP contribution is -2.29. The van der Waals surface area contributed by atoms with Crippen molar-refractivity contribution in [3.8, 4) is 0 Å². The molecule has 0 aliphatic rings. The van der Waals surface area contributed by atoms with Gasteiger partial charge in [-0.1, -0.05) is 42.5 Å². The van der Waals surface area contributed by atoms with E-state index < -0.39 is 0 Å². The summed E-state index contributed by atoms with van der Waals surface area (Å²) in [4.78, 5) is 0. The van der Waals surface area contributed by atoms with Gasteiger partial charge in [-0.25, -0.2) is 5.43 Å². The second-order valence-corrected chi connectivity index (χ2v) is 5.10. The second kappa shape index (κ2) is 5.12. The van der Waals surface area contributed by atoms with Crippen LogP contribution in [0.5, 0.6) is 0 Å². The molecule has 0 saturated carbocycles. The molecule has 3 N–H and O–H groups in total. The van der Waals surface area contributed by atoms with Gasteiger partial charge in [-0.2, -0.15) is 0 Å². The van der Waals surface area contributed by atoms with Crippen molar-refractivity contribution >= 4 is 11.0 Å². The minimum atomic E-state index is -0.136. The van der Waals surface area contributed by atoms with Crippen LogP contribution in [0.2, 0.25) is 0 Å². The van der Waals surface area contributed by atoms with Crippen molar-refractivity contribution in [1.29, 1.82) is 0 Å². The molecule has 1 unspecified atom stereocenters. The third-order valence-corrected chi connectivity index (χ3v) is 3.71. The molecule has 0 spiro atoms. The van der Waals surface area contributed by atoms with Crippen molar-refractivity contribution in [1.82, 2.24) is 5.43 Å². The molecular formula is C17H18N2O. The molecule has 0 radical (unpaired) electrons. The largest absolute Gasteiger partial charge is 0.459 e. The number of nitrogens with two attached hydrogens (primary N) is 1. The maximum atomic E-state index is 6.02. The molecule has 0 aliphatic heterocycles. The van der Waals surface area contributed by atoms with Crippen LogP contribution in [-0.4, -0.2) is 0 Å². The Morgan fingerprint density at radius 1 is 1.00 bits per heavy atom. The number of hydrogen-bond donors (Lipinski definition) is 2. The molecule has 3 nitrogen and oxygen atoms in total. The van der Waals surface area contributed by atoms with Gasteiger partial charge in [0.2, 0.25) is 0 Å². The molecule has 0 aliphatic carbocycles. The highest BCUT2D eigenvalue weighted by Gasteiger charge is 2.19. The van der Waals surface area contributed by atoms with Gasteiger partial charge in [0.15, 0.2) is 0 Å². The number of aryl methyl sites for hydroxylation is 2. The monoisotopic (exact) mass is 266 g/mol. The summed E-state index contributed by atoms with van der Waals surface area (Å²) < 4.78 is 6.02. The Morgan fingerprint density at radius 2 is 1.75 bits per heavy atom. The zero-order chi connectivity index (χ0) is 14.1. The zero-order valence-electron chi connectivity index (χ0n) is 11.7. The Hall–Kier alpha value is -2.10. The molecule has 3 heteroatoms. The predicted octanol–water partition coefficient (Wildman–Crippen LogP) is 3.60. The smallest absolute Gasteiger partial charge is 0.137 e. The Bertz CT molecular complexity index is 746. The van der Waals surface area contributed by atoms with Gasteiger partial charge in [0.1, 0.15) is 17.4 Å². The van der Waals surface area contributed by atoms with Gasteiger partial charge in [0.05, 0.1) is 0 Å². The first-order valence-electron chi connectivity index (χ1n) is 6.71. The molecule has 1 aromatic heterocycles. The first-order valence-corrected chi connectivity index (χ1v) is 6.71. The highest BCUT2D eigenvalue weighted by Crippen LogP contribution is 2.30. The molecule has 1 atom stereocenters. The summed E-state index contributed by atoms with van der Waals surface area (Å²) in [6.45, 7) is 4.13. The number of rotatable bonds is 3. The lowest BCUT2D eigenvalue weighted by atomic mass is 10.00. The van der Waals surface area contributed by atoms with Gasteiger partial charge in [-0.05, 0) is 36.6 Å². The molecule has 0 fully saturated rings. The number of para-hydroxylation sites is 1. The molecule has 102 valence electrons. The summed E-state index contributed by atoms with van der Waals surface area (Å²) in [6, 6.07) is 16.2. The summed E-state index contributed by atoms with van der Waals surface area (Å²) in [6.07, 6.45) is 0. The van der Waals surface area contributed by atoms with Crippen LogP contribution in [0.4, 0.5) is 0 Å². The van der Waals surface area contributed by atoms with Crippen LogP contribution in [0.3, 0.4) is 0 Å². The van der Waals surface area contributed by atoms with Gasteiger partial charge < -0.3 is 4.42 Å². The number of benzene rings is 2. The third kappa shape index (κ3) is 2.11. The van der Waals surface area contributed by atoms with Gasteiger partial charge in [-0.3, -0.25) is 5.84 Å². The predicted molar refractivity (Wildman–Crippen MR) is 81.3 cm³/mol. The van der Waals surface area contributed by atoms with Crippen LogP contribution in [0, 0.1) is 13.8 Å². The summed E-state index contributed by atoms with van der Waals surface area (Å²) in [5.74, 6) is 6.59. The SMILES string of the molecule is Cc1ccccc1C(NN)c1cc2cccc(C)c2o1. The van der Waals surface area contributed by atoms with Crippen LogP contribution in [0.25, 0.3) is 11.0 Å². The van der Waals surface area contributed by atoms with Gasteiger partial charge >= 0.3 is 0 Å². The van der Waals surface area contributed by atoms with Crippen LogP contribution in [0.1, 0.15) is 28.5 Å². The minimum absolute atomic E-state index is 0.136. The highest BCUT2D eigenvalue weighted by atomic mass is 16.3. The van der Waals surface area contributed by atoms with E-state index in [0.717, 1.165) is 27.9 Å². The van der Waals surface area contributed by atoms with E-state index in [1.807, 2.05) is 31.2 Å². The summed E-state index contributed by atoms with van der Waals surface area (Å²) in [5, 5.41) is 1.11. The topological polar surface area (TPSA) is 51.2 Å². The van der Waals surface area contributed by atoms with Gasteiger partial charge in [0.25, 0.3) is 0 Å². The molecule has 20 heavy (non-hydrogen) atoms. The lowest BCUT2D eigenvalue weighted by Gasteiger charge is -2.16. The van der Waals surface area contributed by atoms with E-state index >= 15 is 0 Å².